The number of ether oxygens (including phenoxy) is 5. The second kappa shape index (κ2) is 10.2. The molecule has 28 heavy (non-hydrogen) atoms. The summed E-state index contributed by atoms with van der Waals surface area (Å²) in [5.74, 6) is 0.312. The Kier molecular flexibility index (Phi) is 7.68. The van der Waals surface area contributed by atoms with Crippen molar-refractivity contribution in [3.63, 3.8) is 0 Å². The van der Waals surface area contributed by atoms with E-state index in [2.05, 4.69) is 4.74 Å². The minimum Gasteiger partial charge on any atom is -0.490 e. The zero-order valence-corrected chi connectivity index (χ0v) is 16.4. The van der Waals surface area contributed by atoms with E-state index in [-0.39, 0.29) is 16.9 Å². The fourth-order valence-electron chi connectivity index (χ4n) is 2.48. The molecule has 0 amide bonds. The lowest BCUT2D eigenvalue weighted by molar-refractivity contribution is 0.0597. The molecule has 7 nitrogen and oxygen atoms in total. The van der Waals surface area contributed by atoms with Gasteiger partial charge in [0.1, 0.15) is 5.75 Å². The number of hydrogen-bond acceptors (Lipinski definition) is 7. The highest BCUT2D eigenvalue weighted by Gasteiger charge is 2.20. The number of hydrogen-bond donors (Lipinski definition) is 0. The van der Waals surface area contributed by atoms with E-state index in [0.717, 1.165) is 0 Å². The van der Waals surface area contributed by atoms with Gasteiger partial charge in [0, 0.05) is 0 Å². The lowest BCUT2D eigenvalue weighted by Gasteiger charge is -2.16. The summed E-state index contributed by atoms with van der Waals surface area (Å²) in [6, 6.07) is 9.27. The molecular formula is C21H24O7. The van der Waals surface area contributed by atoms with Crippen molar-refractivity contribution in [1.82, 2.24) is 0 Å². The van der Waals surface area contributed by atoms with Gasteiger partial charge in [-0.2, -0.15) is 0 Å². The number of rotatable bonds is 9. The molecule has 0 unspecified atom stereocenters. The van der Waals surface area contributed by atoms with E-state index >= 15 is 0 Å². The largest absolute Gasteiger partial charge is 0.490 e. The summed E-state index contributed by atoms with van der Waals surface area (Å²) in [4.78, 5) is 24.3. The molecular weight excluding hydrogens is 364 g/mol. The quantitative estimate of drug-likeness (QED) is 0.476. The maximum absolute atomic E-state index is 12.7. The molecule has 0 aliphatic heterocycles. The lowest BCUT2D eigenvalue weighted by Crippen LogP contribution is -2.11. The van der Waals surface area contributed by atoms with E-state index < -0.39 is 11.9 Å². The molecule has 2 aromatic carbocycles. The van der Waals surface area contributed by atoms with Gasteiger partial charge in [0.25, 0.3) is 0 Å². The Labute approximate surface area is 164 Å². The Morgan fingerprint density at radius 2 is 1.39 bits per heavy atom. The van der Waals surface area contributed by atoms with Crippen LogP contribution in [0.4, 0.5) is 0 Å². The minimum absolute atomic E-state index is 0.220. The van der Waals surface area contributed by atoms with E-state index in [1.54, 1.807) is 30.3 Å². The molecule has 0 aliphatic rings. The summed E-state index contributed by atoms with van der Waals surface area (Å²) in [5, 5.41) is 0. The molecule has 0 spiro atoms. The van der Waals surface area contributed by atoms with Crippen molar-refractivity contribution in [1.29, 1.82) is 0 Å². The standard InChI is InChI=1S/C21H24O7/c1-5-25-17-12-15(13-18(26-6-2)19(17)27-7-3)21(23)28-16-10-8-9-14(11-16)20(22)24-4/h8-13H,5-7H2,1-4H3. The van der Waals surface area contributed by atoms with Gasteiger partial charge in [-0.25, -0.2) is 9.59 Å². The van der Waals surface area contributed by atoms with Gasteiger partial charge in [-0.15, -0.1) is 0 Å². The monoisotopic (exact) mass is 388 g/mol. The molecule has 0 heterocycles. The zero-order chi connectivity index (χ0) is 20.5. The highest BCUT2D eigenvalue weighted by atomic mass is 16.5. The highest BCUT2D eigenvalue weighted by Crippen LogP contribution is 2.39. The van der Waals surface area contributed by atoms with Crippen LogP contribution in [-0.2, 0) is 4.74 Å². The Morgan fingerprint density at radius 1 is 0.786 bits per heavy atom. The first-order valence-electron chi connectivity index (χ1n) is 9.00. The molecule has 0 aromatic heterocycles. The number of benzene rings is 2. The maximum atomic E-state index is 12.7. The summed E-state index contributed by atoms with van der Waals surface area (Å²) in [6.45, 7) is 6.72. The summed E-state index contributed by atoms with van der Waals surface area (Å²) in [5.41, 5.74) is 0.517. The van der Waals surface area contributed by atoms with Gasteiger partial charge in [0.15, 0.2) is 11.5 Å². The van der Waals surface area contributed by atoms with Crippen LogP contribution in [0.25, 0.3) is 0 Å². The van der Waals surface area contributed by atoms with Crippen LogP contribution in [0.5, 0.6) is 23.0 Å². The van der Waals surface area contributed by atoms with Crippen LogP contribution in [0.15, 0.2) is 36.4 Å². The van der Waals surface area contributed by atoms with Crippen LogP contribution in [0, 0.1) is 0 Å². The molecule has 0 atom stereocenters. The van der Waals surface area contributed by atoms with Gasteiger partial charge in [-0.05, 0) is 51.1 Å². The van der Waals surface area contributed by atoms with Crippen LogP contribution in [0.3, 0.4) is 0 Å². The third-order valence-corrected chi connectivity index (χ3v) is 3.61. The van der Waals surface area contributed by atoms with Gasteiger partial charge in [0.05, 0.1) is 38.1 Å². The van der Waals surface area contributed by atoms with Crippen LogP contribution >= 0.6 is 0 Å². The molecule has 0 radical (unpaired) electrons. The van der Waals surface area contributed by atoms with E-state index in [9.17, 15) is 9.59 Å². The third kappa shape index (κ3) is 5.16. The predicted molar refractivity (Wildman–Crippen MR) is 103 cm³/mol. The van der Waals surface area contributed by atoms with E-state index in [1.807, 2.05) is 20.8 Å². The van der Waals surface area contributed by atoms with E-state index in [1.165, 1.54) is 13.2 Å². The molecule has 0 saturated carbocycles. The van der Waals surface area contributed by atoms with Crippen molar-refractivity contribution in [2.75, 3.05) is 26.9 Å². The SMILES string of the molecule is CCOc1cc(C(=O)Oc2cccc(C(=O)OC)c2)cc(OCC)c1OCC. The minimum atomic E-state index is -0.619. The van der Waals surface area contributed by atoms with Gasteiger partial charge < -0.3 is 23.7 Å². The Bertz CT molecular complexity index is 802. The smallest absolute Gasteiger partial charge is 0.343 e. The summed E-state index contributed by atoms with van der Waals surface area (Å²) < 4.78 is 26.9. The van der Waals surface area contributed by atoms with Gasteiger partial charge >= 0.3 is 11.9 Å². The molecule has 0 saturated heterocycles. The average Bonchev–Trinajstić information content (AvgIpc) is 2.70. The first kappa shape index (κ1) is 21.1. The summed E-state index contributed by atoms with van der Waals surface area (Å²) >= 11 is 0. The number of carbonyl (C=O) groups is 2. The fraction of sp³-hybridized carbons (Fsp3) is 0.333. The molecule has 2 rings (SSSR count). The molecule has 0 aliphatic carbocycles. The van der Waals surface area contributed by atoms with Crippen molar-refractivity contribution < 1.29 is 33.3 Å². The normalized spacial score (nSPS) is 10.1. The Hall–Kier alpha value is -3.22. The average molecular weight is 388 g/mol. The van der Waals surface area contributed by atoms with Crippen LogP contribution in [0.1, 0.15) is 41.5 Å². The number of methoxy groups -OCH3 is 1. The van der Waals surface area contributed by atoms with Gasteiger partial charge in [-0.1, -0.05) is 6.07 Å². The summed E-state index contributed by atoms with van der Waals surface area (Å²) in [6.07, 6.45) is 0. The van der Waals surface area contributed by atoms with Crippen LogP contribution in [-0.4, -0.2) is 38.9 Å². The maximum Gasteiger partial charge on any atom is 0.343 e. The first-order valence-corrected chi connectivity index (χ1v) is 9.00. The number of carbonyl (C=O) groups excluding carboxylic acids is 2. The summed E-state index contributed by atoms with van der Waals surface area (Å²) in [7, 11) is 1.28. The van der Waals surface area contributed by atoms with Crippen molar-refractivity contribution in [2.24, 2.45) is 0 Å². The molecule has 7 heteroatoms. The Morgan fingerprint density at radius 3 is 1.93 bits per heavy atom. The molecule has 0 fully saturated rings. The van der Waals surface area contributed by atoms with Crippen molar-refractivity contribution in [3.05, 3.63) is 47.5 Å². The van der Waals surface area contributed by atoms with Gasteiger partial charge in [0.2, 0.25) is 5.75 Å². The zero-order valence-electron chi connectivity index (χ0n) is 16.4. The molecule has 0 N–H and O–H groups in total. The van der Waals surface area contributed by atoms with E-state index in [4.69, 9.17) is 18.9 Å². The number of esters is 2. The fourth-order valence-corrected chi connectivity index (χ4v) is 2.48. The van der Waals surface area contributed by atoms with Crippen molar-refractivity contribution >= 4 is 11.9 Å². The topological polar surface area (TPSA) is 80.3 Å². The second-order valence-corrected chi connectivity index (χ2v) is 5.51. The van der Waals surface area contributed by atoms with Crippen molar-refractivity contribution in [2.45, 2.75) is 20.8 Å². The third-order valence-electron chi connectivity index (χ3n) is 3.61. The predicted octanol–water partition coefficient (Wildman–Crippen LogP) is 3.89. The molecule has 0 bridgehead atoms. The van der Waals surface area contributed by atoms with Crippen LogP contribution < -0.4 is 18.9 Å². The van der Waals surface area contributed by atoms with E-state index in [0.29, 0.717) is 37.1 Å². The van der Waals surface area contributed by atoms with Crippen LogP contribution in [0.2, 0.25) is 0 Å². The van der Waals surface area contributed by atoms with Gasteiger partial charge in [-0.3, -0.25) is 0 Å². The Balaban J connectivity index is 2.35. The molecule has 2 aromatic rings. The highest BCUT2D eigenvalue weighted by molar-refractivity contribution is 5.93. The lowest BCUT2D eigenvalue weighted by atomic mass is 10.1. The molecule has 150 valence electrons. The first-order chi connectivity index (χ1) is 13.5. The van der Waals surface area contributed by atoms with Crippen molar-refractivity contribution in [3.8, 4) is 23.0 Å². The second-order valence-electron chi connectivity index (χ2n) is 5.51.